The molecule has 0 fully saturated rings. The van der Waals surface area contributed by atoms with Crippen LogP contribution in [0.3, 0.4) is 0 Å². The molecule has 2 aromatic heterocycles. The Bertz CT molecular complexity index is 824. The number of aromatic nitrogens is 2. The zero-order valence-corrected chi connectivity index (χ0v) is 12.4. The van der Waals surface area contributed by atoms with E-state index in [2.05, 4.69) is 4.98 Å². The van der Waals surface area contributed by atoms with E-state index < -0.39 is 0 Å². The maximum absolute atomic E-state index is 11.6. The molecule has 1 aromatic carbocycles. The first kappa shape index (κ1) is 14.1. The predicted octanol–water partition coefficient (Wildman–Crippen LogP) is 3.01. The molecule has 0 spiro atoms. The molecule has 0 saturated heterocycles. The van der Waals surface area contributed by atoms with Gasteiger partial charge in [-0.15, -0.1) is 0 Å². The number of ether oxygens (including phenoxy) is 2. The van der Waals surface area contributed by atoms with E-state index in [0.29, 0.717) is 12.2 Å². The molecule has 0 aliphatic rings. The van der Waals surface area contributed by atoms with Crippen molar-refractivity contribution in [3.05, 3.63) is 65.6 Å². The van der Waals surface area contributed by atoms with Crippen LogP contribution in [0.15, 0.2) is 48.8 Å². The van der Waals surface area contributed by atoms with Gasteiger partial charge in [-0.1, -0.05) is 12.1 Å². The van der Waals surface area contributed by atoms with Crippen LogP contribution in [0.1, 0.15) is 21.6 Å². The van der Waals surface area contributed by atoms with Gasteiger partial charge in [0.1, 0.15) is 18.0 Å². The molecule has 0 aliphatic carbocycles. The summed E-state index contributed by atoms with van der Waals surface area (Å²) in [5.41, 5.74) is 3.24. The van der Waals surface area contributed by atoms with E-state index in [4.69, 9.17) is 9.47 Å². The molecule has 112 valence electrons. The van der Waals surface area contributed by atoms with Crippen LogP contribution in [0.4, 0.5) is 0 Å². The van der Waals surface area contributed by atoms with Crippen LogP contribution in [0.2, 0.25) is 0 Å². The Morgan fingerprint density at radius 3 is 2.91 bits per heavy atom. The molecule has 0 aliphatic heterocycles. The van der Waals surface area contributed by atoms with Gasteiger partial charge in [-0.05, 0) is 36.8 Å². The average molecular weight is 296 g/mol. The maximum Gasteiger partial charge on any atom is 0.339 e. The molecule has 0 amide bonds. The van der Waals surface area contributed by atoms with Gasteiger partial charge < -0.3 is 9.47 Å². The van der Waals surface area contributed by atoms with E-state index in [-0.39, 0.29) is 5.97 Å². The Morgan fingerprint density at radius 2 is 2.14 bits per heavy atom. The first-order valence-corrected chi connectivity index (χ1v) is 6.91. The van der Waals surface area contributed by atoms with Gasteiger partial charge in [-0.2, -0.15) is 0 Å². The van der Waals surface area contributed by atoms with Gasteiger partial charge in [0.15, 0.2) is 0 Å². The maximum atomic E-state index is 11.6. The molecule has 0 unspecified atom stereocenters. The van der Waals surface area contributed by atoms with Gasteiger partial charge in [-0.25, -0.2) is 9.78 Å². The number of rotatable bonds is 4. The summed E-state index contributed by atoms with van der Waals surface area (Å²) >= 11 is 0. The summed E-state index contributed by atoms with van der Waals surface area (Å²) in [4.78, 5) is 15.9. The molecular weight excluding hydrogens is 280 g/mol. The molecule has 5 heteroatoms. The quantitative estimate of drug-likeness (QED) is 0.694. The van der Waals surface area contributed by atoms with Crippen molar-refractivity contribution in [1.29, 1.82) is 0 Å². The van der Waals surface area contributed by atoms with Crippen LogP contribution in [0.5, 0.6) is 5.75 Å². The van der Waals surface area contributed by atoms with Crippen LogP contribution < -0.4 is 4.74 Å². The summed E-state index contributed by atoms with van der Waals surface area (Å²) in [6, 6.07) is 11.3. The Morgan fingerprint density at radius 1 is 1.27 bits per heavy atom. The Kier molecular flexibility index (Phi) is 3.78. The fourth-order valence-corrected chi connectivity index (χ4v) is 2.24. The van der Waals surface area contributed by atoms with Gasteiger partial charge in [0.05, 0.1) is 24.6 Å². The lowest BCUT2D eigenvalue weighted by Gasteiger charge is -2.07. The molecule has 2 heterocycles. The lowest BCUT2D eigenvalue weighted by Crippen LogP contribution is -2.05. The van der Waals surface area contributed by atoms with Gasteiger partial charge in [0, 0.05) is 6.20 Å². The summed E-state index contributed by atoms with van der Waals surface area (Å²) in [6.07, 6.45) is 3.45. The van der Waals surface area contributed by atoms with E-state index in [0.717, 1.165) is 22.7 Å². The Hall–Kier alpha value is -2.82. The first-order chi connectivity index (χ1) is 10.7. The molecule has 3 aromatic rings. The van der Waals surface area contributed by atoms with Gasteiger partial charge in [0.25, 0.3) is 0 Å². The lowest BCUT2D eigenvalue weighted by atomic mass is 10.2. The summed E-state index contributed by atoms with van der Waals surface area (Å²) < 4.78 is 12.4. The SMILES string of the molecule is COC(=O)c1ccc2ncc(COc3cccc(C)c3)n2c1. The summed E-state index contributed by atoms with van der Waals surface area (Å²) in [5, 5.41) is 0. The Labute approximate surface area is 128 Å². The number of pyridine rings is 1. The van der Waals surface area contributed by atoms with Crippen molar-refractivity contribution >= 4 is 11.6 Å². The van der Waals surface area contributed by atoms with Crippen molar-refractivity contribution in [3.8, 4) is 5.75 Å². The van der Waals surface area contributed by atoms with Crippen LogP contribution in [0.25, 0.3) is 5.65 Å². The zero-order chi connectivity index (χ0) is 15.5. The van der Waals surface area contributed by atoms with Crippen molar-refractivity contribution in [1.82, 2.24) is 9.38 Å². The number of methoxy groups -OCH3 is 1. The normalized spacial score (nSPS) is 10.6. The topological polar surface area (TPSA) is 52.8 Å². The van der Waals surface area contributed by atoms with Crippen LogP contribution in [-0.4, -0.2) is 22.5 Å². The number of aryl methyl sites for hydroxylation is 1. The highest BCUT2D eigenvalue weighted by atomic mass is 16.5. The molecule has 0 bridgehead atoms. The third kappa shape index (κ3) is 2.79. The second-order valence-electron chi connectivity index (χ2n) is 4.99. The highest BCUT2D eigenvalue weighted by molar-refractivity contribution is 5.89. The number of carbonyl (C=O) groups excluding carboxylic acids is 1. The van der Waals surface area contributed by atoms with Gasteiger partial charge in [0.2, 0.25) is 0 Å². The van der Waals surface area contributed by atoms with E-state index in [1.165, 1.54) is 7.11 Å². The fourth-order valence-electron chi connectivity index (χ4n) is 2.24. The second-order valence-corrected chi connectivity index (χ2v) is 4.99. The van der Waals surface area contributed by atoms with Crippen LogP contribution in [0, 0.1) is 6.92 Å². The van der Waals surface area contributed by atoms with Crippen molar-refractivity contribution in [2.45, 2.75) is 13.5 Å². The minimum Gasteiger partial charge on any atom is -0.487 e. The van der Waals surface area contributed by atoms with Crippen LogP contribution in [-0.2, 0) is 11.3 Å². The monoisotopic (exact) mass is 296 g/mol. The van der Waals surface area contributed by atoms with Crippen molar-refractivity contribution in [3.63, 3.8) is 0 Å². The van der Waals surface area contributed by atoms with E-state index >= 15 is 0 Å². The number of fused-ring (bicyclic) bond motifs is 1. The summed E-state index contributed by atoms with van der Waals surface area (Å²) in [5.74, 6) is 0.431. The third-order valence-electron chi connectivity index (χ3n) is 3.38. The van der Waals surface area contributed by atoms with E-state index in [9.17, 15) is 4.79 Å². The average Bonchev–Trinajstić information content (AvgIpc) is 2.94. The second kappa shape index (κ2) is 5.89. The largest absolute Gasteiger partial charge is 0.487 e. The summed E-state index contributed by atoms with van der Waals surface area (Å²) in [7, 11) is 1.36. The first-order valence-electron chi connectivity index (χ1n) is 6.91. The molecule has 0 atom stereocenters. The fraction of sp³-hybridized carbons (Fsp3) is 0.176. The predicted molar refractivity (Wildman–Crippen MR) is 82.0 cm³/mol. The molecule has 5 nitrogen and oxygen atoms in total. The lowest BCUT2D eigenvalue weighted by molar-refractivity contribution is 0.0600. The molecule has 3 rings (SSSR count). The minimum absolute atomic E-state index is 0.370. The number of imidazole rings is 1. The van der Waals surface area contributed by atoms with Gasteiger partial charge in [-0.3, -0.25) is 4.40 Å². The highest BCUT2D eigenvalue weighted by Gasteiger charge is 2.09. The minimum atomic E-state index is -0.374. The molecule has 0 saturated carbocycles. The number of benzene rings is 1. The van der Waals surface area contributed by atoms with Crippen molar-refractivity contribution in [2.75, 3.05) is 7.11 Å². The third-order valence-corrected chi connectivity index (χ3v) is 3.38. The zero-order valence-electron chi connectivity index (χ0n) is 12.4. The highest BCUT2D eigenvalue weighted by Crippen LogP contribution is 2.16. The number of hydrogen-bond acceptors (Lipinski definition) is 4. The van der Waals surface area contributed by atoms with E-state index in [1.54, 1.807) is 24.5 Å². The van der Waals surface area contributed by atoms with Crippen LogP contribution >= 0.6 is 0 Å². The number of carbonyl (C=O) groups is 1. The van der Waals surface area contributed by atoms with Crippen molar-refractivity contribution in [2.24, 2.45) is 0 Å². The summed E-state index contributed by atoms with van der Waals surface area (Å²) in [6.45, 7) is 2.39. The molecule has 0 N–H and O–H groups in total. The molecule has 22 heavy (non-hydrogen) atoms. The standard InChI is InChI=1S/C17H16N2O3/c1-12-4-3-5-15(8-12)22-11-14-9-18-16-7-6-13(10-19(14)16)17(20)21-2/h3-10H,11H2,1-2H3. The van der Waals surface area contributed by atoms with E-state index in [1.807, 2.05) is 35.6 Å². The number of hydrogen-bond donors (Lipinski definition) is 0. The Balaban J connectivity index is 1.85. The number of esters is 1. The molecule has 0 radical (unpaired) electrons. The van der Waals surface area contributed by atoms with Gasteiger partial charge >= 0.3 is 5.97 Å². The molecular formula is C17H16N2O3. The number of nitrogens with zero attached hydrogens (tertiary/aromatic N) is 2. The smallest absolute Gasteiger partial charge is 0.339 e. The van der Waals surface area contributed by atoms with Crippen molar-refractivity contribution < 1.29 is 14.3 Å².